The van der Waals surface area contributed by atoms with Crippen molar-refractivity contribution in [2.24, 2.45) is 0 Å². The SMILES string of the molecule is O=S1(=O)c2ccccc2N(c2ccc([Si](c3ccccc3)(c3ccccc3)c3ccc(N4c5ccccc5S(=O)(=O)c5ccccc54)cc3)cc2)c2ccccc21. The molecule has 0 saturated carbocycles. The van der Waals surface area contributed by atoms with Gasteiger partial charge in [-0.2, -0.15) is 0 Å². The molecule has 9 heteroatoms. The maximum absolute atomic E-state index is 13.8. The predicted octanol–water partition coefficient (Wildman–Crippen LogP) is 8.30. The maximum atomic E-state index is 13.8. The Balaban J connectivity index is 1.16. The zero-order chi connectivity index (χ0) is 38.8. The first-order valence-electron chi connectivity index (χ1n) is 18.6. The average molecular weight is 795 g/mol. The predicted molar refractivity (Wildman–Crippen MR) is 230 cm³/mol. The second kappa shape index (κ2) is 13.3. The molecule has 2 aliphatic rings. The van der Waals surface area contributed by atoms with E-state index in [1.54, 1.807) is 48.5 Å². The largest absolute Gasteiger partial charge is 0.308 e. The highest BCUT2D eigenvalue weighted by atomic mass is 32.2. The summed E-state index contributed by atoms with van der Waals surface area (Å²) in [6, 6.07) is 67.2. The molecule has 0 amide bonds. The van der Waals surface area contributed by atoms with Gasteiger partial charge in [0.05, 0.1) is 42.3 Å². The summed E-state index contributed by atoms with van der Waals surface area (Å²) in [4.78, 5) is 5.19. The van der Waals surface area contributed by atoms with E-state index < -0.39 is 27.7 Å². The Bertz CT molecular complexity index is 2730. The quantitative estimate of drug-likeness (QED) is 0.125. The standard InChI is InChI=1S/C48H34N2O4S2Si/c51-55(52)45-23-11-7-19-41(45)49(42-20-8-12-24-46(42)55)35-27-31-39(32-28-35)57(37-15-3-1-4-16-37,38-17-5-2-6-18-38)40-33-29-36(30-34-40)50-43-21-9-13-25-47(43)56(53,54)48-26-14-10-22-44(48)50/h1-34H. The molecular weight excluding hydrogens is 761 g/mol. The van der Waals surface area contributed by atoms with Crippen LogP contribution in [0.3, 0.4) is 0 Å². The zero-order valence-corrected chi connectivity index (χ0v) is 33.1. The lowest BCUT2D eigenvalue weighted by atomic mass is 10.2. The van der Waals surface area contributed by atoms with Gasteiger partial charge in [0, 0.05) is 11.4 Å². The van der Waals surface area contributed by atoms with Crippen molar-refractivity contribution < 1.29 is 16.8 Å². The second-order valence-corrected chi connectivity index (χ2v) is 21.7. The van der Waals surface area contributed by atoms with E-state index in [2.05, 4.69) is 97.1 Å². The summed E-state index contributed by atoms with van der Waals surface area (Å²) < 4.78 is 55.0. The highest BCUT2D eigenvalue weighted by Crippen LogP contribution is 2.49. The van der Waals surface area contributed by atoms with Gasteiger partial charge in [-0.25, -0.2) is 16.8 Å². The molecular formula is C48H34N2O4S2Si. The molecule has 8 aromatic carbocycles. The van der Waals surface area contributed by atoms with E-state index in [1.165, 1.54) is 10.4 Å². The third-order valence-electron chi connectivity index (χ3n) is 11.1. The molecule has 0 saturated heterocycles. The normalized spacial score (nSPS) is 14.8. The molecule has 0 unspecified atom stereocenters. The van der Waals surface area contributed by atoms with Gasteiger partial charge in [-0.15, -0.1) is 0 Å². The van der Waals surface area contributed by atoms with Gasteiger partial charge < -0.3 is 9.80 Å². The molecule has 2 heterocycles. The number of nitrogens with zero attached hydrogens (tertiary/aromatic N) is 2. The van der Waals surface area contributed by atoms with Gasteiger partial charge in [0.15, 0.2) is 8.07 Å². The van der Waals surface area contributed by atoms with Crippen LogP contribution in [0.2, 0.25) is 0 Å². The number of hydrogen-bond acceptors (Lipinski definition) is 6. The number of fused-ring (bicyclic) bond motifs is 4. The maximum Gasteiger partial charge on any atom is 0.210 e. The van der Waals surface area contributed by atoms with Gasteiger partial charge in [0.2, 0.25) is 19.7 Å². The highest BCUT2D eigenvalue weighted by Gasteiger charge is 2.42. The summed E-state index contributed by atoms with van der Waals surface area (Å²) in [6.07, 6.45) is 0. The molecule has 6 nitrogen and oxygen atoms in total. The summed E-state index contributed by atoms with van der Waals surface area (Å²) in [5.41, 5.74) is 4.16. The van der Waals surface area contributed by atoms with Crippen LogP contribution in [0.4, 0.5) is 34.1 Å². The molecule has 0 atom stereocenters. The second-order valence-electron chi connectivity index (χ2n) is 14.1. The van der Waals surface area contributed by atoms with Crippen LogP contribution < -0.4 is 30.5 Å². The summed E-state index contributed by atoms with van der Waals surface area (Å²) in [7, 11) is -10.4. The van der Waals surface area contributed by atoms with Crippen LogP contribution >= 0.6 is 0 Å². The summed E-state index contributed by atoms with van der Waals surface area (Å²) in [5.74, 6) is 0. The number of benzene rings is 8. The molecule has 0 aliphatic carbocycles. The van der Waals surface area contributed by atoms with Gasteiger partial charge in [0.25, 0.3) is 0 Å². The molecule has 8 aromatic rings. The Morgan fingerprint density at radius 1 is 0.281 bits per heavy atom. The average Bonchev–Trinajstić information content (AvgIpc) is 3.26. The molecule has 0 bridgehead atoms. The van der Waals surface area contributed by atoms with Gasteiger partial charge in [0.1, 0.15) is 0 Å². The first kappa shape index (κ1) is 34.9. The lowest BCUT2D eigenvalue weighted by molar-refractivity contribution is 0.593. The van der Waals surface area contributed by atoms with E-state index in [9.17, 15) is 16.8 Å². The van der Waals surface area contributed by atoms with E-state index in [0.29, 0.717) is 22.7 Å². The van der Waals surface area contributed by atoms with E-state index in [0.717, 1.165) is 21.7 Å². The van der Waals surface area contributed by atoms with Gasteiger partial charge in [-0.3, -0.25) is 0 Å². The van der Waals surface area contributed by atoms with E-state index in [1.807, 2.05) is 70.5 Å². The van der Waals surface area contributed by atoms with E-state index in [4.69, 9.17) is 0 Å². The number of rotatable bonds is 6. The Morgan fingerprint density at radius 3 is 0.825 bits per heavy atom. The van der Waals surface area contributed by atoms with Crippen molar-refractivity contribution in [1.29, 1.82) is 0 Å². The third kappa shape index (κ3) is 5.27. The number of anilines is 6. The van der Waals surface area contributed by atoms with Crippen molar-refractivity contribution in [1.82, 2.24) is 0 Å². The van der Waals surface area contributed by atoms with Crippen molar-refractivity contribution in [2.45, 2.75) is 19.6 Å². The van der Waals surface area contributed by atoms with Crippen LogP contribution in [0.25, 0.3) is 0 Å². The Hall–Kier alpha value is -6.52. The van der Waals surface area contributed by atoms with Crippen molar-refractivity contribution in [3.05, 3.63) is 206 Å². The fraction of sp³-hybridized carbons (Fsp3) is 0. The summed E-state index contributed by atoms with van der Waals surface area (Å²) in [5, 5.41) is 4.72. The first-order valence-corrected chi connectivity index (χ1v) is 23.6. The first-order chi connectivity index (χ1) is 27.8. The van der Waals surface area contributed by atoms with Gasteiger partial charge in [-0.1, -0.05) is 133 Å². The van der Waals surface area contributed by atoms with Crippen molar-refractivity contribution >= 4 is 82.6 Å². The van der Waals surface area contributed by atoms with Crippen LogP contribution in [-0.2, 0) is 19.7 Å². The van der Waals surface area contributed by atoms with Crippen molar-refractivity contribution in [3.63, 3.8) is 0 Å². The fourth-order valence-corrected chi connectivity index (χ4v) is 16.6. The molecule has 57 heavy (non-hydrogen) atoms. The minimum atomic E-state index is -3.70. The van der Waals surface area contributed by atoms with Crippen molar-refractivity contribution in [3.8, 4) is 0 Å². The molecule has 2 aliphatic heterocycles. The van der Waals surface area contributed by atoms with Crippen LogP contribution in [-0.4, -0.2) is 24.9 Å². The molecule has 0 fully saturated rings. The third-order valence-corrected chi connectivity index (χ3v) is 19.6. The number of para-hydroxylation sites is 4. The highest BCUT2D eigenvalue weighted by molar-refractivity contribution is 7.92. The van der Waals surface area contributed by atoms with E-state index >= 15 is 0 Å². The Morgan fingerprint density at radius 2 is 0.526 bits per heavy atom. The van der Waals surface area contributed by atoms with Crippen LogP contribution in [0.1, 0.15) is 0 Å². The number of hydrogen-bond donors (Lipinski definition) is 0. The summed E-state index contributed by atoms with van der Waals surface area (Å²) >= 11 is 0. The lowest BCUT2D eigenvalue weighted by Gasteiger charge is -2.36. The van der Waals surface area contributed by atoms with Crippen LogP contribution in [0.5, 0.6) is 0 Å². The van der Waals surface area contributed by atoms with Gasteiger partial charge >= 0.3 is 0 Å². The monoisotopic (exact) mass is 794 g/mol. The fourth-order valence-electron chi connectivity index (χ4n) is 8.63. The Kier molecular flexibility index (Phi) is 8.15. The summed E-state index contributed by atoms with van der Waals surface area (Å²) in [6.45, 7) is 0. The van der Waals surface area contributed by atoms with Crippen molar-refractivity contribution in [2.75, 3.05) is 9.80 Å². The van der Waals surface area contributed by atoms with E-state index in [-0.39, 0.29) is 19.6 Å². The minimum Gasteiger partial charge on any atom is -0.308 e. The minimum absolute atomic E-state index is 0.279. The molecule has 10 rings (SSSR count). The zero-order valence-electron chi connectivity index (χ0n) is 30.5. The smallest absolute Gasteiger partial charge is 0.210 e. The molecule has 0 spiro atoms. The molecule has 0 N–H and O–H groups in total. The van der Waals surface area contributed by atoms with Gasteiger partial charge in [-0.05, 0) is 93.5 Å². The van der Waals surface area contributed by atoms with Crippen LogP contribution in [0, 0.1) is 0 Å². The number of sulfone groups is 2. The lowest BCUT2D eigenvalue weighted by Crippen LogP contribution is -2.74. The molecule has 0 aromatic heterocycles. The Labute approximate surface area is 333 Å². The topological polar surface area (TPSA) is 74.8 Å². The molecule has 276 valence electrons. The molecule has 0 radical (unpaired) electrons. The van der Waals surface area contributed by atoms with Crippen LogP contribution in [0.15, 0.2) is 226 Å².